The van der Waals surface area contributed by atoms with Gasteiger partial charge in [-0.25, -0.2) is 0 Å². The molecular weight excluding hydrogens is 312 g/mol. The minimum Gasteiger partial charge on any atom is -0.469 e. The normalized spacial score (nSPS) is 14.4. The number of carbonyl (C=O) groups is 4. The summed E-state index contributed by atoms with van der Waals surface area (Å²) in [6.45, 7) is 7.99. The minimum atomic E-state index is -1.83. The molecule has 0 saturated carbocycles. The summed E-state index contributed by atoms with van der Waals surface area (Å²) in [5.74, 6) is 2.21. The van der Waals surface area contributed by atoms with Crippen LogP contribution >= 0.6 is 0 Å². The summed E-state index contributed by atoms with van der Waals surface area (Å²) in [7, 11) is 1.17. The van der Waals surface area contributed by atoms with E-state index in [9.17, 15) is 19.2 Å². The van der Waals surface area contributed by atoms with Gasteiger partial charge in [-0.15, -0.1) is 11.8 Å². The van der Waals surface area contributed by atoms with Crippen molar-refractivity contribution in [3.8, 4) is 11.8 Å². The van der Waals surface area contributed by atoms with E-state index >= 15 is 0 Å². The Morgan fingerprint density at radius 2 is 1.75 bits per heavy atom. The predicted molar refractivity (Wildman–Crippen MR) is 87.8 cm³/mol. The quantitative estimate of drug-likeness (QED) is 0.306. The van der Waals surface area contributed by atoms with Crippen molar-refractivity contribution >= 4 is 24.0 Å². The standard InChI is InChI=1S/C18H26O6/c1-7-8-9-10-18(13(2)20,16(22)24-17(3,4)5)14(12-19)11-15(21)23-6/h12,14H,7,10-11H2,1-6H3. The number of hydrogen-bond donors (Lipinski definition) is 0. The highest BCUT2D eigenvalue weighted by atomic mass is 16.6. The highest BCUT2D eigenvalue weighted by molar-refractivity contribution is 6.06. The summed E-state index contributed by atoms with van der Waals surface area (Å²) in [6, 6.07) is 0. The van der Waals surface area contributed by atoms with Crippen LogP contribution in [0.1, 0.15) is 53.9 Å². The highest BCUT2D eigenvalue weighted by Crippen LogP contribution is 2.37. The zero-order valence-corrected chi connectivity index (χ0v) is 15.2. The van der Waals surface area contributed by atoms with Crippen molar-refractivity contribution < 1.29 is 28.7 Å². The van der Waals surface area contributed by atoms with Crippen LogP contribution in [0.25, 0.3) is 0 Å². The van der Waals surface area contributed by atoms with Crippen LogP contribution in [0.4, 0.5) is 0 Å². The lowest BCUT2D eigenvalue weighted by atomic mass is 9.69. The first kappa shape index (κ1) is 21.8. The number of ether oxygens (including phenoxy) is 2. The van der Waals surface area contributed by atoms with Gasteiger partial charge in [-0.3, -0.25) is 14.4 Å². The smallest absolute Gasteiger partial charge is 0.321 e. The maximum absolute atomic E-state index is 12.8. The lowest BCUT2D eigenvalue weighted by Crippen LogP contribution is -2.49. The van der Waals surface area contributed by atoms with Crippen LogP contribution in [-0.4, -0.2) is 36.7 Å². The van der Waals surface area contributed by atoms with E-state index in [-0.39, 0.29) is 6.42 Å². The molecule has 0 aliphatic heterocycles. The fourth-order valence-electron chi connectivity index (χ4n) is 2.18. The summed E-state index contributed by atoms with van der Waals surface area (Å²) in [5.41, 5.74) is -2.68. The monoisotopic (exact) mass is 338 g/mol. The Labute approximate surface area is 143 Å². The third-order valence-electron chi connectivity index (χ3n) is 3.47. The number of aldehydes is 1. The van der Waals surface area contributed by atoms with E-state index in [0.717, 1.165) is 0 Å². The van der Waals surface area contributed by atoms with Gasteiger partial charge in [-0.2, -0.15) is 0 Å². The Morgan fingerprint density at radius 3 is 2.12 bits per heavy atom. The zero-order valence-electron chi connectivity index (χ0n) is 15.2. The Morgan fingerprint density at radius 1 is 1.17 bits per heavy atom. The van der Waals surface area contributed by atoms with Gasteiger partial charge >= 0.3 is 11.9 Å². The van der Waals surface area contributed by atoms with Crippen molar-refractivity contribution in [3.05, 3.63) is 0 Å². The van der Waals surface area contributed by atoms with Crippen molar-refractivity contribution in [1.29, 1.82) is 0 Å². The van der Waals surface area contributed by atoms with Gasteiger partial charge in [0.15, 0.2) is 0 Å². The molecule has 0 saturated heterocycles. The lowest BCUT2D eigenvalue weighted by Gasteiger charge is -2.34. The number of hydrogen-bond acceptors (Lipinski definition) is 6. The average molecular weight is 338 g/mol. The summed E-state index contributed by atoms with van der Waals surface area (Å²) in [4.78, 5) is 48.3. The summed E-state index contributed by atoms with van der Waals surface area (Å²) < 4.78 is 9.92. The van der Waals surface area contributed by atoms with Crippen LogP contribution in [0.3, 0.4) is 0 Å². The molecule has 0 aliphatic carbocycles. The molecule has 0 aromatic carbocycles. The second-order valence-corrected chi connectivity index (χ2v) is 6.44. The summed E-state index contributed by atoms with van der Waals surface area (Å²) >= 11 is 0. The molecule has 0 N–H and O–H groups in total. The Bertz CT molecular complexity index is 546. The second-order valence-electron chi connectivity index (χ2n) is 6.44. The Kier molecular flexibility index (Phi) is 8.38. The third kappa shape index (κ3) is 5.80. The van der Waals surface area contributed by atoms with Crippen LogP contribution in [0, 0.1) is 23.2 Å². The average Bonchev–Trinajstić information content (AvgIpc) is 2.47. The molecule has 0 aromatic rings. The van der Waals surface area contributed by atoms with Crippen molar-refractivity contribution in [1.82, 2.24) is 0 Å². The molecule has 2 atom stereocenters. The maximum atomic E-state index is 12.8. The molecule has 6 nitrogen and oxygen atoms in total. The first-order chi connectivity index (χ1) is 11.0. The van der Waals surface area contributed by atoms with Crippen LogP contribution in [-0.2, 0) is 28.7 Å². The van der Waals surface area contributed by atoms with Crippen LogP contribution < -0.4 is 0 Å². The van der Waals surface area contributed by atoms with Gasteiger partial charge in [0.25, 0.3) is 0 Å². The molecule has 0 aliphatic rings. The highest BCUT2D eigenvalue weighted by Gasteiger charge is 2.52. The first-order valence-corrected chi connectivity index (χ1v) is 7.77. The number of esters is 2. The van der Waals surface area contributed by atoms with E-state index < -0.39 is 41.1 Å². The fourth-order valence-corrected chi connectivity index (χ4v) is 2.18. The molecule has 6 heteroatoms. The first-order valence-electron chi connectivity index (χ1n) is 7.77. The maximum Gasteiger partial charge on any atom is 0.321 e. The van der Waals surface area contributed by atoms with Gasteiger partial charge in [-0.05, 0) is 27.7 Å². The molecule has 2 unspecified atom stereocenters. The van der Waals surface area contributed by atoms with Crippen LogP contribution in [0.15, 0.2) is 0 Å². The molecule has 0 bridgehead atoms. The number of ketones is 1. The van der Waals surface area contributed by atoms with Gasteiger partial charge in [-0.1, -0.05) is 6.92 Å². The number of rotatable bonds is 7. The molecule has 0 radical (unpaired) electrons. The van der Waals surface area contributed by atoms with Crippen molar-refractivity contribution in [2.75, 3.05) is 7.11 Å². The topological polar surface area (TPSA) is 86.7 Å². The van der Waals surface area contributed by atoms with Gasteiger partial charge in [0.05, 0.1) is 13.5 Å². The molecule has 0 spiro atoms. The van der Waals surface area contributed by atoms with E-state index in [1.807, 2.05) is 6.92 Å². The van der Waals surface area contributed by atoms with Crippen molar-refractivity contribution in [2.24, 2.45) is 11.3 Å². The largest absolute Gasteiger partial charge is 0.469 e. The van der Waals surface area contributed by atoms with Gasteiger partial charge in [0.1, 0.15) is 23.1 Å². The summed E-state index contributed by atoms with van der Waals surface area (Å²) in [5, 5.41) is 0. The molecule has 0 amide bonds. The van der Waals surface area contributed by atoms with E-state index in [1.165, 1.54) is 14.0 Å². The zero-order chi connectivity index (χ0) is 19.0. The van der Waals surface area contributed by atoms with Crippen molar-refractivity contribution in [2.45, 2.75) is 59.5 Å². The van der Waals surface area contributed by atoms with Gasteiger partial charge < -0.3 is 14.3 Å². The second kappa shape index (κ2) is 9.21. The molecule has 0 heterocycles. The lowest BCUT2D eigenvalue weighted by molar-refractivity contribution is -0.175. The summed E-state index contributed by atoms with van der Waals surface area (Å²) in [6.07, 6.45) is 0.374. The number of Topliss-reactive ketones (excluding diaryl/α,β-unsaturated/α-hetero) is 1. The van der Waals surface area contributed by atoms with Crippen LogP contribution in [0.5, 0.6) is 0 Å². The SMILES string of the molecule is CCC#CCC(C(C)=O)(C(=O)OC(C)(C)C)C(C=O)CC(=O)OC. The van der Waals surface area contributed by atoms with Crippen LogP contribution in [0.2, 0.25) is 0 Å². The minimum absolute atomic E-state index is 0.189. The number of methoxy groups -OCH3 is 1. The molecule has 0 aromatic heterocycles. The third-order valence-corrected chi connectivity index (χ3v) is 3.47. The Hall–Kier alpha value is -2.16. The molecule has 0 rings (SSSR count). The number of carbonyl (C=O) groups excluding carboxylic acids is 4. The Balaban J connectivity index is 6.07. The van der Waals surface area contributed by atoms with Crippen molar-refractivity contribution in [3.63, 3.8) is 0 Å². The molecule has 134 valence electrons. The van der Waals surface area contributed by atoms with E-state index in [1.54, 1.807) is 20.8 Å². The fraction of sp³-hybridized carbons (Fsp3) is 0.667. The molecule has 24 heavy (non-hydrogen) atoms. The van der Waals surface area contributed by atoms with E-state index in [4.69, 9.17) is 4.74 Å². The van der Waals surface area contributed by atoms with E-state index in [2.05, 4.69) is 16.6 Å². The van der Waals surface area contributed by atoms with Gasteiger partial charge in [0.2, 0.25) is 0 Å². The predicted octanol–water partition coefficient (Wildman–Crippen LogP) is 2.09. The molecule has 0 fully saturated rings. The van der Waals surface area contributed by atoms with E-state index in [0.29, 0.717) is 12.7 Å². The van der Waals surface area contributed by atoms with Gasteiger partial charge in [0, 0.05) is 18.8 Å². The molecular formula is C18H26O6.